The number of esters is 1. The second kappa shape index (κ2) is 6.19. The standard InChI is InChI=1S/C14H18N4O5/c1-8(19)9(2)23-10(20)5-6-18-7-15-12-11(18)13(21)17(4)14(22)16(12)3/h7,9H,5-6H2,1-4H3. The van der Waals surface area contributed by atoms with Gasteiger partial charge in [-0.1, -0.05) is 0 Å². The Morgan fingerprint density at radius 2 is 1.91 bits per heavy atom. The second-order valence-electron chi connectivity index (χ2n) is 5.31. The molecule has 0 aliphatic rings. The molecule has 23 heavy (non-hydrogen) atoms. The number of ether oxygens (including phenoxy) is 1. The van der Waals surface area contributed by atoms with Crippen LogP contribution in [0.5, 0.6) is 0 Å². The highest BCUT2D eigenvalue weighted by Crippen LogP contribution is 2.07. The van der Waals surface area contributed by atoms with Crippen LogP contribution in [0.4, 0.5) is 0 Å². The SMILES string of the molecule is CC(=O)C(C)OC(=O)CCn1cnc2c1c(=O)n(C)c(=O)n2C. The Morgan fingerprint density at radius 1 is 1.26 bits per heavy atom. The van der Waals surface area contributed by atoms with E-state index in [9.17, 15) is 19.2 Å². The minimum atomic E-state index is -0.796. The highest BCUT2D eigenvalue weighted by molar-refractivity contribution is 5.83. The maximum absolute atomic E-state index is 12.2. The van der Waals surface area contributed by atoms with Crippen LogP contribution in [0.1, 0.15) is 20.3 Å². The molecule has 1 unspecified atom stereocenters. The summed E-state index contributed by atoms with van der Waals surface area (Å²) < 4.78 is 8.71. The fraction of sp³-hybridized carbons (Fsp3) is 0.500. The smallest absolute Gasteiger partial charge is 0.332 e. The van der Waals surface area contributed by atoms with E-state index < -0.39 is 23.3 Å². The molecule has 9 heteroatoms. The van der Waals surface area contributed by atoms with E-state index in [4.69, 9.17) is 4.74 Å². The van der Waals surface area contributed by atoms with Gasteiger partial charge in [-0.25, -0.2) is 9.78 Å². The molecule has 0 aromatic carbocycles. The first kappa shape index (κ1) is 16.7. The highest BCUT2D eigenvalue weighted by atomic mass is 16.5. The second-order valence-corrected chi connectivity index (χ2v) is 5.31. The van der Waals surface area contributed by atoms with Crippen molar-refractivity contribution in [2.75, 3.05) is 0 Å². The largest absolute Gasteiger partial charge is 0.455 e. The summed E-state index contributed by atoms with van der Waals surface area (Å²) in [5.41, 5.74) is -0.459. The molecule has 9 nitrogen and oxygen atoms in total. The Kier molecular flexibility index (Phi) is 4.48. The van der Waals surface area contributed by atoms with Gasteiger partial charge in [0.1, 0.15) is 0 Å². The average molecular weight is 322 g/mol. The predicted octanol–water partition coefficient (Wildman–Crippen LogP) is -0.655. The summed E-state index contributed by atoms with van der Waals surface area (Å²) in [5.74, 6) is -0.786. The lowest BCUT2D eigenvalue weighted by molar-refractivity contribution is -0.153. The van der Waals surface area contributed by atoms with Gasteiger partial charge in [-0.3, -0.25) is 23.5 Å². The predicted molar refractivity (Wildman–Crippen MR) is 81.1 cm³/mol. The first-order valence-electron chi connectivity index (χ1n) is 7.04. The molecule has 124 valence electrons. The van der Waals surface area contributed by atoms with Crippen LogP contribution in [-0.4, -0.2) is 36.5 Å². The van der Waals surface area contributed by atoms with E-state index in [0.29, 0.717) is 0 Å². The molecule has 2 aromatic rings. The maximum Gasteiger partial charge on any atom is 0.332 e. The summed E-state index contributed by atoms with van der Waals surface area (Å²) in [6.07, 6.45) is 0.582. The molecule has 2 aromatic heterocycles. The van der Waals surface area contributed by atoms with Crippen molar-refractivity contribution in [1.29, 1.82) is 0 Å². The van der Waals surface area contributed by atoms with Gasteiger partial charge < -0.3 is 9.30 Å². The van der Waals surface area contributed by atoms with E-state index in [2.05, 4.69) is 4.98 Å². The Balaban J connectivity index is 2.26. The molecule has 0 radical (unpaired) electrons. The third-order valence-electron chi connectivity index (χ3n) is 3.65. The normalized spacial score (nSPS) is 12.3. The average Bonchev–Trinajstić information content (AvgIpc) is 2.92. The van der Waals surface area contributed by atoms with Gasteiger partial charge in [0, 0.05) is 20.6 Å². The van der Waals surface area contributed by atoms with Crippen LogP contribution in [0.15, 0.2) is 15.9 Å². The first-order chi connectivity index (χ1) is 10.7. The van der Waals surface area contributed by atoms with E-state index in [1.54, 1.807) is 0 Å². The summed E-state index contributed by atoms with van der Waals surface area (Å²) in [5, 5.41) is 0. The Bertz CT molecular complexity index is 889. The van der Waals surface area contributed by atoms with Crippen LogP contribution in [-0.2, 0) is 35.0 Å². The Hall–Kier alpha value is -2.71. The molecular formula is C14H18N4O5. The highest BCUT2D eigenvalue weighted by Gasteiger charge is 2.17. The van der Waals surface area contributed by atoms with Gasteiger partial charge >= 0.3 is 11.7 Å². The van der Waals surface area contributed by atoms with E-state index in [0.717, 1.165) is 4.57 Å². The third kappa shape index (κ3) is 3.08. The van der Waals surface area contributed by atoms with Gasteiger partial charge in [0.15, 0.2) is 23.1 Å². The molecule has 1 atom stereocenters. The number of nitrogens with zero attached hydrogens (tertiary/aromatic N) is 4. The summed E-state index contributed by atoms with van der Waals surface area (Å²) in [6, 6.07) is 0. The van der Waals surface area contributed by atoms with Crippen molar-refractivity contribution in [2.45, 2.75) is 32.9 Å². The third-order valence-corrected chi connectivity index (χ3v) is 3.65. The van der Waals surface area contributed by atoms with Crippen molar-refractivity contribution in [1.82, 2.24) is 18.7 Å². The first-order valence-corrected chi connectivity index (χ1v) is 7.04. The molecule has 0 aliphatic carbocycles. The van der Waals surface area contributed by atoms with Crippen molar-refractivity contribution >= 4 is 22.9 Å². The zero-order chi connectivity index (χ0) is 17.3. The topological polar surface area (TPSA) is 105 Å². The summed E-state index contributed by atoms with van der Waals surface area (Å²) in [7, 11) is 2.90. The van der Waals surface area contributed by atoms with Crippen molar-refractivity contribution in [2.24, 2.45) is 14.1 Å². The minimum Gasteiger partial charge on any atom is -0.455 e. The molecule has 0 amide bonds. The number of ketones is 1. The number of carbonyl (C=O) groups excluding carboxylic acids is 2. The molecule has 0 spiro atoms. The zero-order valence-corrected chi connectivity index (χ0v) is 13.4. The van der Waals surface area contributed by atoms with Crippen LogP contribution in [0, 0.1) is 0 Å². The Labute approximate surface area is 131 Å². The number of rotatable bonds is 5. The van der Waals surface area contributed by atoms with E-state index in [1.807, 2.05) is 0 Å². The molecule has 2 heterocycles. The maximum atomic E-state index is 12.2. The quantitative estimate of drug-likeness (QED) is 0.677. The molecule has 0 aliphatic heterocycles. The fourth-order valence-electron chi connectivity index (χ4n) is 2.12. The zero-order valence-electron chi connectivity index (χ0n) is 13.4. The number of aromatic nitrogens is 4. The lowest BCUT2D eigenvalue weighted by Gasteiger charge is -2.10. The number of imidazole rings is 1. The number of fused-ring (bicyclic) bond motifs is 1. The summed E-state index contributed by atoms with van der Waals surface area (Å²) >= 11 is 0. The van der Waals surface area contributed by atoms with Crippen molar-refractivity contribution in [3.8, 4) is 0 Å². The van der Waals surface area contributed by atoms with Crippen LogP contribution < -0.4 is 11.2 Å². The number of carbonyl (C=O) groups is 2. The number of aryl methyl sites for hydroxylation is 2. The van der Waals surface area contributed by atoms with Gasteiger partial charge in [0.05, 0.1) is 12.7 Å². The van der Waals surface area contributed by atoms with E-state index in [1.165, 1.54) is 43.4 Å². The summed E-state index contributed by atoms with van der Waals surface area (Å²) in [4.78, 5) is 50.9. The van der Waals surface area contributed by atoms with Crippen LogP contribution in [0.25, 0.3) is 11.2 Å². The molecular weight excluding hydrogens is 304 g/mol. The fourth-order valence-corrected chi connectivity index (χ4v) is 2.12. The van der Waals surface area contributed by atoms with E-state index in [-0.39, 0.29) is 29.9 Å². The van der Waals surface area contributed by atoms with Crippen molar-refractivity contribution < 1.29 is 14.3 Å². The van der Waals surface area contributed by atoms with Gasteiger partial charge in [-0.05, 0) is 13.8 Å². The van der Waals surface area contributed by atoms with Crippen molar-refractivity contribution in [3.05, 3.63) is 27.2 Å². The van der Waals surface area contributed by atoms with Crippen LogP contribution in [0.3, 0.4) is 0 Å². The van der Waals surface area contributed by atoms with Crippen molar-refractivity contribution in [3.63, 3.8) is 0 Å². The molecule has 2 rings (SSSR count). The van der Waals surface area contributed by atoms with Gasteiger partial charge in [-0.15, -0.1) is 0 Å². The minimum absolute atomic E-state index is 0.0188. The van der Waals surface area contributed by atoms with Crippen LogP contribution >= 0.6 is 0 Å². The van der Waals surface area contributed by atoms with Gasteiger partial charge in [0.2, 0.25) is 0 Å². The van der Waals surface area contributed by atoms with Gasteiger partial charge in [-0.2, -0.15) is 0 Å². The molecule has 0 bridgehead atoms. The number of hydrogen-bond acceptors (Lipinski definition) is 6. The Morgan fingerprint density at radius 3 is 2.52 bits per heavy atom. The molecule has 0 saturated heterocycles. The monoisotopic (exact) mass is 322 g/mol. The molecule has 0 saturated carbocycles. The van der Waals surface area contributed by atoms with Crippen LogP contribution in [0.2, 0.25) is 0 Å². The number of hydrogen-bond donors (Lipinski definition) is 0. The van der Waals surface area contributed by atoms with Gasteiger partial charge in [0.25, 0.3) is 5.56 Å². The van der Waals surface area contributed by atoms with E-state index >= 15 is 0 Å². The molecule has 0 fully saturated rings. The lowest BCUT2D eigenvalue weighted by atomic mass is 10.3. The molecule has 0 N–H and O–H groups in total. The number of Topliss-reactive ketones (excluding diaryl/α,β-unsaturated/α-hetero) is 1. The summed E-state index contributed by atoms with van der Waals surface area (Å²) in [6.45, 7) is 3.00. The lowest BCUT2D eigenvalue weighted by Crippen LogP contribution is -2.37.